The molecule has 1 atom stereocenters. The fourth-order valence-electron chi connectivity index (χ4n) is 5.88. The molecule has 1 heterocycles. The lowest BCUT2D eigenvalue weighted by Crippen LogP contribution is -2.39. The van der Waals surface area contributed by atoms with Crippen molar-refractivity contribution in [1.29, 1.82) is 5.26 Å². The molecule has 0 saturated carbocycles. The third-order valence-electron chi connectivity index (χ3n) is 7.55. The minimum atomic E-state index is -0.777. The zero-order valence-corrected chi connectivity index (χ0v) is 21.9. The molecule has 3 aromatic carbocycles. The van der Waals surface area contributed by atoms with Gasteiger partial charge < -0.3 is 25.1 Å². The Balaban J connectivity index is 1.63. The van der Waals surface area contributed by atoms with Gasteiger partial charge in [-0.15, -0.1) is 0 Å². The average Bonchev–Trinajstić information content (AvgIpc) is 2.93. The first-order valence-corrected chi connectivity index (χ1v) is 12.7. The van der Waals surface area contributed by atoms with Gasteiger partial charge in [0.1, 0.15) is 17.4 Å². The fraction of sp³-hybridized carbons (Fsp3) is 0.250. The predicted octanol–water partition coefficient (Wildman–Crippen LogP) is 5.31. The molecule has 0 fully saturated rings. The van der Waals surface area contributed by atoms with Crippen LogP contribution in [-0.4, -0.2) is 25.1 Å². The number of benzene rings is 3. The van der Waals surface area contributed by atoms with Crippen molar-refractivity contribution in [1.82, 2.24) is 0 Å². The molecular formula is C32H30N2O5. The van der Waals surface area contributed by atoms with E-state index >= 15 is 0 Å². The zero-order valence-electron chi connectivity index (χ0n) is 21.9. The van der Waals surface area contributed by atoms with Crippen LogP contribution in [0.4, 0.5) is 0 Å². The maximum atomic E-state index is 14.1. The summed E-state index contributed by atoms with van der Waals surface area (Å²) < 4.78 is 16.8. The van der Waals surface area contributed by atoms with Crippen LogP contribution in [0.15, 0.2) is 95.6 Å². The lowest BCUT2D eigenvalue weighted by Gasteiger charge is -2.41. The van der Waals surface area contributed by atoms with Gasteiger partial charge in [0.25, 0.3) is 0 Å². The first-order valence-electron chi connectivity index (χ1n) is 12.7. The maximum absolute atomic E-state index is 14.1. The molecule has 0 amide bonds. The first-order chi connectivity index (χ1) is 18.9. The van der Waals surface area contributed by atoms with Gasteiger partial charge >= 0.3 is 0 Å². The van der Waals surface area contributed by atoms with Gasteiger partial charge in [-0.25, -0.2) is 0 Å². The number of hydrogen-bond acceptors (Lipinski definition) is 7. The molecule has 0 bridgehead atoms. The van der Waals surface area contributed by atoms with E-state index in [0.717, 1.165) is 11.1 Å². The van der Waals surface area contributed by atoms with Crippen molar-refractivity contribution in [3.8, 4) is 23.3 Å². The van der Waals surface area contributed by atoms with E-state index in [2.05, 4.69) is 30.3 Å². The molecule has 0 aromatic heterocycles. The molecule has 1 aliphatic carbocycles. The molecule has 7 nitrogen and oxygen atoms in total. The van der Waals surface area contributed by atoms with Gasteiger partial charge in [0, 0.05) is 18.4 Å². The summed E-state index contributed by atoms with van der Waals surface area (Å²) in [7, 11) is 2.85. The Kier molecular flexibility index (Phi) is 7.03. The van der Waals surface area contributed by atoms with E-state index in [-0.39, 0.29) is 40.9 Å². The van der Waals surface area contributed by atoms with E-state index in [1.165, 1.54) is 14.2 Å². The Labute approximate surface area is 227 Å². The number of allylic oxidation sites excluding steroid dienone is 3. The Hall–Kier alpha value is -4.70. The number of phenolic OH excluding ortho intramolecular Hbond substituents is 1. The number of phenols is 1. The van der Waals surface area contributed by atoms with Crippen molar-refractivity contribution in [2.75, 3.05) is 14.2 Å². The van der Waals surface area contributed by atoms with Gasteiger partial charge in [0.2, 0.25) is 11.6 Å². The third-order valence-corrected chi connectivity index (χ3v) is 7.55. The Morgan fingerprint density at radius 3 is 2.00 bits per heavy atom. The third kappa shape index (κ3) is 4.94. The predicted molar refractivity (Wildman–Crippen MR) is 146 cm³/mol. The monoisotopic (exact) mass is 522 g/mol. The average molecular weight is 523 g/mol. The van der Waals surface area contributed by atoms with Crippen molar-refractivity contribution in [2.24, 2.45) is 11.1 Å². The summed E-state index contributed by atoms with van der Waals surface area (Å²) in [6.07, 6.45) is 2.10. The van der Waals surface area contributed by atoms with Crippen LogP contribution in [0, 0.1) is 16.7 Å². The highest BCUT2D eigenvalue weighted by atomic mass is 16.5. The Morgan fingerprint density at radius 2 is 1.51 bits per heavy atom. The normalized spacial score (nSPS) is 18.2. The minimum Gasteiger partial charge on any atom is -0.502 e. The lowest BCUT2D eigenvalue weighted by molar-refractivity contribution is -0.119. The number of aromatic hydroxyl groups is 1. The van der Waals surface area contributed by atoms with Crippen molar-refractivity contribution in [3.63, 3.8) is 0 Å². The van der Waals surface area contributed by atoms with Crippen LogP contribution in [0.2, 0.25) is 0 Å². The maximum Gasteiger partial charge on any atom is 0.205 e. The highest BCUT2D eigenvalue weighted by Crippen LogP contribution is 2.52. The number of ketones is 1. The van der Waals surface area contributed by atoms with Gasteiger partial charge in [-0.2, -0.15) is 5.26 Å². The van der Waals surface area contributed by atoms with Gasteiger partial charge in [-0.1, -0.05) is 60.7 Å². The second-order valence-electron chi connectivity index (χ2n) is 10.1. The van der Waals surface area contributed by atoms with Crippen LogP contribution >= 0.6 is 0 Å². The van der Waals surface area contributed by atoms with Gasteiger partial charge in [-0.3, -0.25) is 4.79 Å². The van der Waals surface area contributed by atoms with Crippen molar-refractivity contribution in [3.05, 3.63) is 112 Å². The lowest BCUT2D eigenvalue weighted by atomic mass is 9.64. The van der Waals surface area contributed by atoms with Crippen molar-refractivity contribution >= 4 is 5.78 Å². The molecule has 0 spiro atoms. The minimum absolute atomic E-state index is 0.0321. The van der Waals surface area contributed by atoms with E-state index in [1.807, 2.05) is 36.4 Å². The summed E-state index contributed by atoms with van der Waals surface area (Å²) in [6.45, 7) is 0. The van der Waals surface area contributed by atoms with Crippen LogP contribution < -0.4 is 15.2 Å². The topological polar surface area (TPSA) is 115 Å². The van der Waals surface area contributed by atoms with Crippen LogP contribution in [0.1, 0.15) is 35.4 Å². The summed E-state index contributed by atoms with van der Waals surface area (Å²) in [5, 5.41) is 20.5. The number of Topliss-reactive ketones (excluding diaryl/α,β-unsaturated/α-hetero) is 1. The van der Waals surface area contributed by atoms with Gasteiger partial charge in [-0.05, 0) is 47.1 Å². The number of rotatable bonds is 7. The molecular weight excluding hydrogens is 492 g/mol. The Morgan fingerprint density at radius 1 is 0.974 bits per heavy atom. The van der Waals surface area contributed by atoms with Crippen molar-refractivity contribution < 1.29 is 24.1 Å². The number of nitriles is 1. The van der Waals surface area contributed by atoms with Crippen molar-refractivity contribution in [2.45, 2.75) is 31.6 Å². The first kappa shape index (κ1) is 25.9. The summed E-state index contributed by atoms with van der Waals surface area (Å²) in [6, 6.07) is 25.6. The van der Waals surface area contributed by atoms with E-state index in [0.29, 0.717) is 36.2 Å². The molecule has 2 aliphatic rings. The van der Waals surface area contributed by atoms with Crippen LogP contribution in [0.5, 0.6) is 17.2 Å². The van der Waals surface area contributed by atoms with E-state index < -0.39 is 11.3 Å². The van der Waals surface area contributed by atoms with Crippen LogP contribution in [-0.2, 0) is 22.4 Å². The highest BCUT2D eigenvalue weighted by Gasteiger charge is 2.47. The highest BCUT2D eigenvalue weighted by molar-refractivity contribution is 6.00. The standard InChI is InChI=1S/C32H30N2O5/c1-37-25-13-22(14-26(38-2)30(25)36)28-23(19-33)31(34)39-27-18-32(17-24(35)29(27)28,15-20-9-5-3-6-10-20)16-21-11-7-4-8-12-21/h3-14,28,36H,15-18,34H2,1-2H3. The number of hydrogen-bond donors (Lipinski definition) is 2. The molecule has 198 valence electrons. The molecule has 0 radical (unpaired) electrons. The number of ether oxygens (including phenoxy) is 3. The van der Waals surface area contributed by atoms with E-state index in [4.69, 9.17) is 19.9 Å². The van der Waals surface area contributed by atoms with Crippen LogP contribution in [0.25, 0.3) is 0 Å². The number of carbonyl (C=O) groups is 1. The van der Waals surface area contributed by atoms with Gasteiger partial charge in [0.15, 0.2) is 17.3 Å². The molecule has 1 aliphatic heterocycles. The zero-order chi connectivity index (χ0) is 27.6. The van der Waals surface area contributed by atoms with Gasteiger partial charge in [0.05, 0.1) is 20.1 Å². The Bertz CT molecular complexity index is 1440. The smallest absolute Gasteiger partial charge is 0.205 e. The largest absolute Gasteiger partial charge is 0.502 e. The summed E-state index contributed by atoms with van der Waals surface area (Å²) in [5.74, 6) is -0.263. The van der Waals surface area contributed by atoms with E-state index in [1.54, 1.807) is 12.1 Å². The summed E-state index contributed by atoms with van der Waals surface area (Å²) >= 11 is 0. The number of nitrogens with zero attached hydrogens (tertiary/aromatic N) is 1. The number of carbonyl (C=O) groups excluding carboxylic acids is 1. The summed E-state index contributed by atoms with van der Waals surface area (Å²) in [5.41, 5.74) is 9.22. The molecule has 5 rings (SSSR count). The second kappa shape index (κ2) is 10.6. The second-order valence-corrected chi connectivity index (χ2v) is 10.1. The fourth-order valence-corrected chi connectivity index (χ4v) is 5.88. The molecule has 0 saturated heterocycles. The molecule has 3 N–H and O–H groups in total. The number of methoxy groups -OCH3 is 2. The number of nitrogens with two attached hydrogens (primary N) is 1. The summed E-state index contributed by atoms with van der Waals surface area (Å²) in [4.78, 5) is 14.1. The molecule has 1 unspecified atom stereocenters. The van der Waals surface area contributed by atoms with E-state index in [9.17, 15) is 15.2 Å². The molecule has 7 heteroatoms. The molecule has 3 aromatic rings. The van der Waals surface area contributed by atoms with Crippen LogP contribution in [0.3, 0.4) is 0 Å². The molecule has 39 heavy (non-hydrogen) atoms. The quantitative estimate of drug-likeness (QED) is 0.432. The SMILES string of the molecule is COc1cc(C2C(C#N)=C(N)OC3=C2C(=O)CC(Cc2ccccc2)(Cc2ccccc2)C3)cc(OC)c1O.